The molecule has 1 atom stereocenters. The molecule has 8 nitrogen and oxygen atoms in total. The van der Waals surface area contributed by atoms with Crippen molar-refractivity contribution < 1.29 is 19.6 Å². The molecule has 0 spiro atoms. The Morgan fingerprint density at radius 1 is 1.57 bits per heavy atom. The van der Waals surface area contributed by atoms with Gasteiger partial charge in [0, 0.05) is 19.2 Å². The average molecular weight is 293 g/mol. The number of rotatable bonds is 4. The van der Waals surface area contributed by atoms with Crippen LogP contribution in [0.2, 0.25) is 0 Å². The number of nitro benzene ring substituents is 1. The molecule has 1 aromatic carbocycles. The number of piperazine rings is 1. The largest absolute Gasteiger partial charge is 0.481 e. The maximum absolute atomic E-state index is 11.9. The first-order valence-corrected chi connectivity index (χ1v) is 6.41. The summed E-state index contributed by atoms with van der Waals surface area (Å²) in [6.45, 7) is 2.43. The number of nitrogens with one attached hydrogen (secondary N) is 1. The maximum atomic E-state index is 11.9. The first-order valence-electron chi connectivity index (χ1n) is 6.41. The fraction of sp³-hybridized carbons (Fsp3) is 0.385. The highest BCUT2D eigenvalue weighted by atomic mass is 16.6. The summed E-state index contributed by atoms with van der Waals surface area (Å²) in [7, 11) is 0. The van der Waals surface area contributed by atoms with Crippen LogP contribution >= 0.6 is 0 Å². The number of aliphatic carboxylic acids is 1. The second kappa shape index (κ2) is 5.78. The Morgan fingerprint density at radius 2 is 2.29 bits per heavy atom. The standard InChI is InChI=1S/C13H15N3O5/c1-8-2-3-9(16(20)21)10(6-8)15-5-4-14-13(19)11(15)7-12(17)18/h2-3,6,11H,4-5,7H2,1H3,(H,14,19)(H,17,18). The minimum absolute atomic E-state index is 0.134. The summed E-state index contributed by atoms with van der Waals surface area (Å²) in [5.74, 6) is -1.56. The fourth-order valence-electron chi connectivity index (χ4n) is 2.39. The zero-order valence-corrected chi connectivity index (χ0v) is 11.4. The van der Waals surface area contributed by atoms with Gasteiger partial charge in [-0.05, 0) is 18.6 Å². The smallest absolute Gasteiger partial charge is 0.305 e. The minimum atomic E-state index is -1.13. The lowest BCUT2D eigenvalue weighted by atomic mass is 10.1. The second-order valence-electron chi connectivity index (χ2n) is 4.85. The number of benzene rings is 1. The first-order chi connectivity index (χ1) is 9.90. The van der Waals surface area contributed by atoms with Crippen LogP contribution in [0.1, 0.15) is 12.0 Å². The summed E-state index contributed by atoms with van der Waals surface area (Å²) in [6.07, 6.45) is -0.406. The molecule has 1 fully saturated rings. The van der Waals surface area contributed by atoms with Crippen LogP contribution in [0.15, 0.2) is 18.2 Å². The zero-order chi connectivity index (χ0) is 15.6. The van der Waals surface area contributed by atoms with Gasteiger partial charge in [-0.15, -0.1) is 0 Å². The van der Waals surface area contributed by atoms with Crippen molar-refractivity contribution in [3.63, 3.8) is 0 Å². The Bertz CT molecular complexity index is 601. The van der Waals surface area contributed by atoms with Crippen LogP contribution in [0.4, 0.5) is 11.4 Å². The highest BCUT2D eigenvalue weighted by Crippen LogP contribution is 2.31. The SMILES string of the molecule is Cc1ccc([N+](=O)[O-])c(N2CCNC(=O)C2CC(=O)O)c1. The molecular weight excluding hydrogens is 278 g/mol. The van der Waals surface area contributed by atoms with Crippen LogP contribution in [0.25, 0.3) is 0 Å². The fourth-order valence-corrected chi connectivity index (χ4v) is 2.39. The highest BCUT2D eigenvalue weighted by molar-refractivity contribution is 5.91. The number of nitrogens with zero attached hydrogens (tertiary/aromatic N) is 2. The first kappa shape index (κ1) is 14.8. The lowest BCUT2D eigenvalue weighted by molar-refractivity contribution is -0.384. The van der Waals surface area contributed by atoms with Crippen molar-refractivity contribution in [2.75, 3.05) is 18.0 Å². The molecule has 1 aliphatic heterocycles. The van der Waals surface area contributed by atoms with Crippen molar-refractivity contribution in [2.24, 2.45) is 0 Å². The van der Waals surface area contributed by atoms with Gasteiger partial charge in [0.15, 0.2) is 0 Å². The minimum Gasteiger partial charge on any atom is -0.481 e. The van der Waals surface area contributed by atoms with Gasteiger partial charge < -0.3 is 15.3 Å². The molecule has 1 saturated heterocycles. The monoisotopic (exact) mass is 293 g/mol. The number of carbonyl (C=O) groups is 2. The van der Waals surface area contributed by atoms with Crippen LogP contribution in [-0.2, 0) is 9.59 Å². The summed E-state index contributed by atoms with van der Waals surface area (Å²) in [4.78, 5) is 34.9. The maximum Gasteiger partial charge on any atom is 0.305 e. The van der Waals surface area contributed by atoms with Gasteiger partial charge in [0.2, 0.25) is 5.91 Å². The van der Waals surface area contributed by atoms with Gasteiger partial charge in [-0.2, -0.15) is 0 Å². The lowest BCUT2D eigenvalue weighted by Gasteiger charge is -2.35. The number of carboxylic acid groups (broad SMARTS) is 1. The van der Waals surface area contributed by atoms with Crippen LogP contribution in [0.3, 0.4) is 0 Å². The Hall–Kier alpha value is -2.64. The molecule has 1 unspecified atom stereocenters. The van der Waals surface area contributed by atoms with Crippen LogP contribution < -0.4 is 10.2 Å². The molecule has 0 saturated carbocycles. The van der Waals surface area contributed by atoms with Crippen molar-refractivity contribution in [1.29, 1.82) is 0 Å². The van der Waals surface area contributed by atoms with E-state index in [-0.39, 0.29) is 11.4 Å². The molecular formula is C13H15N3O5. The number of anilines is 1. The van der Waals surface area contributed by atoms with E-state index >= 15 is 0 Å². The molecule has 2 N–H and O–H groups in total. The third-order valence-corrected chi connectivity index (χ3v) is 3.34. The number of aryl methyl sites for hydroxylation is 1. The topological polar surface area (TPSA) is 113 Å². The van der Waals surface area contributed by atoms with Gasteiger partial charge in [-0.3, -0.25) is 19.7 Å². The zero-order valence-electron chi connectivity index (χ0n) is 11.4. The van der Waals surface area contributed by atoms with Crippen molar-refractivity contribution in [3.05, 3.63) is 33.9 Å². The van der Waals surface area contributed by atoms with Crippen molar-refractivity contribution in [1.82, 2.24) is 5.32 Å². The van der Waals surface area contributed by atoms with E-state index in [1.54, 1.807) is 19.1 Å². The quantitative estimate of drug-likeness (QED) is 0.623. The number of hydrogen-bond donors (Lipinski definition) is 2. The lowest BCUT2D eigenvalue weighted by Crippen LogP contribution is -2.56. The summed E-state index contributed by atoms with van der Waals surface area (Å²) in [6, 6.07) is 3.63. The van der Waals surface area contributed by atoms with Gasteiger partial charge in [0.1, 0.15) is 11.7 Å². The number of carbonyl (C=O) groups excluding carboxylic acids is 1. The summed E-state index contributed by atoms with van der Waals surface area (Å²) in [5, 5.41) is 22.7. The predicted molar refractivity (Wildman–Crippen MR) is 74.2 cm³/mol. The predicted octanol–water partition coefficient (Wildman–Crippen LogP) is 0.683. The molecule has 8 heteroatoms. The van der Waals surface area contributed by atoms with E-state index in [1.165, 1.54) is 11.0 Å². The molecule has 1 heterocycles. The van der Waals surface area contributed by atoms with Gasteiger partial charge >= 0.3 is 5.97 Å². The molecule has 0 bridgehead atoms. The molecule has 1 aliphatic rings. The number of nitro groups is 1. The van der Waals surface area contributed by atoms with Crippen LogP contribution in [0, 0.1) is 17.0 Å². The van der Waals surface area contributed by atoms with Gasteiger partial charge in [-0.1, -0.05) is 6.07 Å². The molecule has 21 heavy (non-hydrogen) atoms. The van der Waals surface area contributed by atoms with E-state index in [4.69, 9.17) is 5.11 Å². The number of hydrogen-bond acceptors (Lipinski definition) is 5. The van der Waals surface area contributed by atoms with Crippen LogP contribution in [-0.4, -0.2) is 41.0 Å². The highest BCUT2D eigenvalue weighted by Gasteiger charge is 2.34. The molecule has 0 aromatic heterocycles. The van der Waals surface area contributed by atoms with Gasteiger partial charge in [0.05, 0.1) is 11.3 Å². The Labute approximate surface area is 120 Å². The van der Waals surface area contributed by atoms with Gasteiger partial charge in [0.25, 0.3) is 5.69 Å². The van der Waals surface area contributed by atoms with E-state index in [2.05, 4.69) is 5.32 Å². The summed E-state index contributed by atoms with van der Waals surface area (Å²) < 4.78 is 0. The van der Waals surface area contributed by atoms with E-state index in [1.807, 2.05) is 0 Å². The Kier molecular flexibility index (Phi) is 4.06. The summed E-state index contributed by atoms with van der Waals surface area (Å²) in [5.41, 5.74) is 0.947. The molecule has 1 aromatic rings. The molecule has 0 aliphatic carbocycles. The number of amides is 1. The average Bonchev–Trinajstić information content (AvgIpc) is 2.40. The van der Waals surface area contributed by atoms with Crippen LogP contribution in [0.5, 0.6) is 0 Å². The van der Waals surface area contributed by atoms with E-state index < -0.39 is 29.3 Å². The second-order valence-corrected chi connectivity index (χ2v) is 4.85. The number of carboxylic acids is 1. The van der Waals surface area contributed by atoms with E-state index in [0.717, 1.165) is 5.56 Å². The third-order valence-electron chi connectivity index (χ3n) is 3.34. The molecule has 0 radical (unpaired) electrons. The molecule has 112 valence electrons. The molecule has 2 rings (SSSR count). The molecule has 1 amide bonds. The third kappa shape index (κ3) is 3.10. The van der Waals surface area contributed by atoms with Crippen molar-refractivity contribution in [2.45, 2.75) is 19.4 Å². The van der Waals surface area contributed by atoms with Crippen molar-refractivity contribution >= 4 is 23.3 Å². The summed E-state index contributed by atoms with van der Waals surface area (Å²) >= 11 is 0. The van der Waals surface area contributed by atoms with E-state index in [9.17, 15) is 19.7 Å². The van der Waals surface area contributed by atoms with Crippen molar-refractivity contribution in [3.8, 4) is 0 Å². The normalized spacial score (nSPS) is 18.2. The van der Waals surface area contributed by atoms with Gasteiger partial charge in [-0.25, -0.2) is 0 Å². The Morgan fingerprint density at radius 3 is 2.90 bits per heavy atom. The Balaban J connectivity index is 2.46. The van der Waals surface area contributed by atoms with E-state index in [0.29, 0.717) is 13.1 Å².